The molecule has 0 aliphatic carbocycles. The number of pyridine rings is 1. The van der Waals surface area contributed by atoms with Crippen molar-refractivity contribution in [2.75, 3.05) is 13.7 Å². The highest BCUT2D eigenvalue weighted by Gasteiger charge is 2.32. The second kappa shape index (κ2) is 8.14. The van der Waals surface area contributed by atoms with E-state index in [-0.39, 0.29) is 17.5 Å². The topological polar surface area (TPSA) is 69.5 Å². The number of hydrogen-bond donors (Lipinski definition) is 0. The van der Waals surface area contributed by atoms with E-state index in [1.165, 1.54) is 13.2 Å². The Bertz CT molecular complexity index is 1100. The third kappa shape index (κ3) is 3.60. The minimum atomic E-state index is -0.528. The molecule has 3 heterocycles. The molecule has 3 aromatic rings. The number of imidazole rings is 1. The molecule has 0 atom stereocenters. The van der Waals surface area contributed by atoms with Crippen LogP contribution in [0.4, 0.5) is 4.39 Å². The van der Waals surface area contributed by atoms with Crippen LogP contribution in [0.25, 0.3) is 11.3 Å². The average Bonchev–Trinajstić information content (AvgIpc) is 3.22. The number of halogens is 1. The molecule has 1 amide bonds. The molecule has 1 aromatic carbocycles. The van der Waals surface area contributed by atoms with Gasteiger partial charge in [-0.15, -0.1) is 0 Å². The molecule has 0 N–H and O–H groups in total. The molecule has 0 bridgehead atoms. The quantitative estimate of drug-likeness (QED) is 0.577. The number of hydrogen-bond acceptors (Lipinski definition) is 5. The highest BCUT2D eigenvalue weighted by Crippen LogP contribution is 2.33. The van der Waals surface area contributed by atoms with Gasteiger partial charge in [0.05, 0.1) is 25.2 Å². The zero-order valence-corrected chi connectivity index (χ0v) is 17.2. The number of aryl methyl sites for hydroxylation is 1. The minimum absolute atomic E-state index is 0.0546. The Morgan fingerprint density at radius 3 is 2.70 bits per heavy atom. The average molecular weight is 410 g/mol. The van der Waals surface area contributed by atoms with E-state index in [0.29, 0.717) is 36.2 Å². The maximum atomic E-state index is 14.8. The first-order chi connectivity index (χ1) is 14.5. The van der Waals surface area contributed by atoms with E-state index >= 15 is 0 Å². The van der Waals surface area contributed by atoms with Gasteiger partial charge in [-0.2, -0.15) is 4.98 Å². The van der Waals surface area contributed by atoms with Gasteiger partial charge in [0, 0.05) is 24.2 Å². The largest absolute Gasteiger partial charge is 0.481 e. The SMILES string of the molecule is CCCCN1Cn2c(nc(C)c2-c2ccc(Oc3cccc(OC)n3)c(F)c2)C1=O. The van der Waals surface area contributed by atoms with Gasteiger partial charge in [-0.25, -0.2) is 9.37 Å². The first-order valence-electron chi connectivity index (χ1n) is 9.87. The molecule has 0 fully saturated rings. The Kier molecular flexibility index (Phi) is 5.39. The summed E-state index contributed by atoms with van der Waals surface area (Å²) in [7, 11) is 1.50. The third-order valence-corrected chi connectivity index (χ3v) is 5.04. The van der Waals surface area contributed by atoms with Crippen LogP contribution in [0.15, 0.2) is 36.4 Å². The van der Waals surface area contributed by atoms with Crippen molar-refractivity contribution in [2.45, 2.75) is 33.4 Å². The number of aromatic nitrogens is 3. The van der Waals surface area contributed by atoms with Crippen molar-refractivity contribution >= 4 is 5.91 Å². The predicted octanol–water partition coefficient (Wildman–Crippen LogP) is 4.41. The second-order valence-corrected chi connectivity index (χ2v) is 7.13. The van der Waals surface area contributed by atoms with Gasteiger partial charge in [-0.05, 0) is 31.5 Å². The first kappa shape index (κ1) is 19.9. The molecule has 7 nitrogen and oxygen atoms in total. The predicted molar refractivity (Wildman–Crippen MR) is 109 cm³/mol. The summed E-state index contributed by atoms with van der Waals surface area (Å²) in [4.78, 5) is 23.0. The summed E-state index contributed by atoms with van der Waals surface area (Å²) in [6, 6.07) is 9.73. The molecule has 0 radical (unpaired) electrons. The highest BCUT2D eigenvalue weighted by molar-refractivity contribution is 5.94. The normalized spacial score (nSPS) is 12.9. The second-order valence-electron chi connectivity index (χ2n) is 7.13. The zero-order chi connectivity index (χ0) is 21.3. The molecule has 1 aliphatic rings. The van der Waals surface area contributed by atoms with Crippen LogP contribution < -0.4 is 9.47 Å². The maximum absolute atomic E-state index is 14.8. The molecule has 156 valence electrons. The van der Waals surface area contributed by atoms with Crippen LogP contribution in [0.3, 0.4) is 0 Å². The van der Waals surface area contributed by atoms with Gasteiger partial charge >= 0.3 is 0 Å². The summed E-state index contributed by atoms with van der Waals surface area (Å²) in [5, 5.41) is 0. The van der Waals surface area contributed by atoms with Crippen LogP contribution in [0.2, 0.25) is 0 Å². The van der Waals surface area contributed by atoms with Gasteiger partial charge in [0.25, 0.3) is 5.91 Å². The lowest BCUT2D eigenvalue weighted by Gasteiger charge is -2.16. The number of fused-ring (bicyclic) bond motifs is 1. The lowest BCUT2D eigenvalue weighted by Crippen LogP contribution is -2.26. The van der Waals surface area contributed by atoms with E-state index in [9.17, 15) is 9.18 Å². The number of nitrogens with zero attached hydrogens (tertiary/aromatic N) is 4. The van der Waals surface area contributed by atoms with Crippen LogP contribution in [0.5, 0.6) is 17.5 Å². The number of unbranched alkanes of at least 4 members (excludes halogenated alkanes) is 1. The Hall–Kier alpha value is -3.42. The van der Waals surface area contributed by atoms with Crippen molar-refractivity contribution in [2.24, 2.45) is 0 Å². The molecule has 4 rings (SSSR count). The number of carbonyl (C=O) groups excluding carboxylic acids is 1. The number of rotatable bonds is 7. The monoisotopic (exact) mass is 410 g/mol. The summed E-state index contributed by atoms with van der Waals surface area (Å²) < 4.78 is 27.3. The number of ether oxygens (including phenoxy) is 2. The fraction of sp³-hybridized carbons (Fsp3) is 0.318. The molecule has 2 aromatic heterocycles. The van der Waals surface area contributed by atoms with Crippen molar-refractivity contribution in [3.05, 3.63) is 53.7 Å². The van der Waals surface area contributed by atoms with Gasteiger partial charge in [0.1, 0.15) is 0 Å². The summed E-state index contributed by atoms with van der Waals surface area (Å²) in [6.45, 7) is 5.03. The third-order valence-electron chi connectivity index (χ3n) is 5.04. The summed E-state index contributed by atoms with van der Waals surface area (Å²) >= 11 is 0. The maximum Gasteiger partial charge on any atom is 0.291 e. The molecule has 1 aliphatic heterocycles. The number of carbonyl (C=O) groups is 1. The Balaban J connectivity index is 1.61. The lowest BCUT2D eigenvalue weighted by atomic mass is 10.1. The fourth-order valence-corrected chi connectivity index (χ4v) is 3.55. The minimum Gasteiger partial charge on any atom is -0.481 e. The zero-order valence-electron chi connectivity index (χ0n) is 17.2. The van der Waals surface area contributed by atoms with Crippen molar-refractivity contribution in [3.8, 4) is 28.8 Å². The molecule has 8 heteroatoms. The van der Waals surface area contributed by atoms with Crippen molar-refractivity contribution in [1.29, 1.82) is 0 Å². The van der Waals surface area contributed by atoms with Crippen LogP contribution >= 0.6 is 0 Å². The summed E-state index contributed by atoms with van der Waals surface area (Å²) in [5.74, 6) is 0.465. The van der Waals surface area contributed by atoms with Crippen molar-refractivity contribution in [3.63, 3.8) is 0 Å². The van der Waals surface area contributed by atoms with Gasteiger partial charge in [0.15, 0.2) is 11.6 Å². The van der Waals surface area contributed by atoms with Gasteiger partial charge in [-0.3, -0.25) is 4.79 Å². The van der Waals surface area contributed by atoms with Gasteiger partial charge < -0.3 is 18.9 Å². The fourth-order valence-electron chi connectivity index (χ4n) is 3.55. The standard InChI is InChI=1S/C22H23FN4O3/c1-4-5-11-26-13-27-20(14(2)24-21(27)22(26)28)15-9-10-17(16(23)12-15)30-19-8-6-7-18(25-19)29-3/h6-10,12H,4-5,11,13H2,1-3H3. The van der Waals surface area contributed by atoms with E-state index in [1.54, 1.807) is 35.2 Å². The van der Waals surface area contributed by atoms with Crippen molar-refractivity contribution in [1.82, 2.24) is 19.4 Å². The van der Waals surface area contributed by atoms with E-state index in [4.69, 9.17) is 9.47 Å². The molecule has 0 saturated heterocycles. The van der Waals surface area contributed by atoms with Gasteiger partial charge in [0.2, 0.25) is 17.6 Å². The highest BCUT2D eigenvalue weighted by atomic mass is 19.1. The Morgan fingerprint density at radius 1 is 1.17 bits per heavy atom. The molecule has 0 saturated carbocycles. The van der Waals surface area contributed by atoms with E-state index in [1.807, 2.05) is 11.5 Å². The Morgan fingerprint density at radius 2 is 1.97 bits per heavy atom. The van der Waals surface area contributed by atoms with Crippen LogP contribution in [0.1, 0.15) is 36.1 Å². The van der Waals surface area contributed by atoms with Crippen LogP contribution in [-0.2, 0) is 6.67 Å². The van der Waals surface area contributed by atoms with Gasteiger partial charge in [-0.1, -0.05) is 19.4 Å². The van der Waals surface area contributed by atoms with Crippen LogP contribution in [0, 0.1) is 12.7 Å². The number of methoxy groups -OCH3 is 1. The smallest absolute Gasteiger partial charge is 0.291 e. The number of benzene rings is 1. The molecule has 0 unspecified atom stereocenters. The van der Waals surface area contributed by atoms with Crippen LogP contribution in [-0.4, -0.2) is 39.0 Å². The number of amides is 1. The molecule has 30 heavy (non-hydrogen) atoms. The molecular weight excluding hydrogens is 387 g/mol. The van der Waals surface area contributed by atoms with E-state index in [2.05, 4.69) is 16.9 Å². The Labute approximate surface area is 174 Å². The lowest BCUT2D eigenvalue weighted by molar-refractivity contribution is 0.0763. The van der Waals surface area contributed by atoms with E-state index < -0.39 is 5.82 Å². The van der Waals surface area contributed by atoms with Crippen molar-refractivity contribution < 1.29 is 18.7 Å². The first-order valence-corrected chi connectivity index (χ1v) is 9.87. The van der Waals surface area contributed by atoms with E-state index in [0.717, 1.165) is 18.5 Å². The summed E-state index contributed by atoms with van der Waals surface area (Å²) in [6.07, 6.45) is 1.94. The molecular formula is C22H23FN4O3. The molecule has 0 spiro atoms. The summed E-state index contributed by atoms with van der Waals surface area (Å²) in [5.41, 5.74) is 2.07.